The summed E-state index contributed by atoms with van der Waals surface area (Å²) < 4.78 is 6.10. The highest BCUT2D eigenvalue weighted by molar-refractivity contribution is 5.87. The van der Waals surface area contributed by atoms with Crippen LogP contribution in [-0.4, -0.2) is 5.78 Å². The average molecular weight is 403 g/mol. The van der Waals surface area contributed by atoms with Crippen LogP contribution in [0.4, 0.5) is 0 Å². The Labute approximate surface area is 181 Å². The van der Waals surface area contributed by atoms with E-state index in [1.165, 1.54) is 42.4 Å². The second-order valence-corrected chi connectivity index (χ2v) is 10.1. The van der Waals surface area contributed by atoms with E-state index >= 15 is 0 Å². The molecule has 2 nitrogen and oxygen atoms in total. The quantitative estimate of drug-likeness (QED) is 0.555. The Morgan fingerprint density at radius 2 is 1.93 bits per heavy atom. The molecule has 30 heavy (non-hydrogen) atoms. The third-order valence-corrected chi connectivity index (χ3v) is 8.45. The van der Waals surface area contributed by atoms with Gasteiger partial charge in [0.1, 0.15) is 18.1 Å². The topological polar surface area (TPSA) is 26.3 Å². The number of Topliss-reactive ketones (excluding diaryl/α,β-unsaturated/α-hetero) is 1. The van der Waals surface area contributed by atoms with Gasteiger partial charge in [0.2, 0.25) is 0 Å². The molecule has 5 rings (SSSR count). The van der Waals surface area contributed by atoms with Crippen LogP contribution in [-0.2, 0) is 17.8 Å². The van der Waals surface area contributed by atoms with Crippen LogP contribution in [0.1, 0.15) is 75.0 Å². The Balaban J connectivity index is 1.37. The van der Waals surface area contributed by atoms with Gasteiger partial charge in [-0.3, -0.25) is 4.79 Å². The summed E-state index contributed by atoms with van der Waals surface area (Å²) in [6.07, 6.45) is 7.83. The number of ether oxygens (including phenoxy) is 1. The van der Waals surface area contributed by atoms with Crippen LogP contribution in [0.25, 0.3) is 0 Å². The second kappa shape index (κ2) is 7.87. The van der Waals surface area contributed by atoms with Crippen molar-refractivity contribution in [1.29, 1.82) is 0 Å². The van der Waals surface area contributed by atoms with E-state index in [0.29, 0.717) is 36.1 Å². The number of rotatable bonds is 5. The molecule has 0 bridgehead atoms. The molecule has 0 radical (unpaired) electrons. The van der Waals surface area contributed by atoms with Gasteiger partial charge in [-0.2, -0.15) is 0 Å². The number of ketones is 1. The van der Waals surface area contributed by atoms with E-state index in [2.05, 4.69) is 56.3 Å². The lowest BCUT2D eigenvalue weighted by Gasteiger charge is -2.50. The van der Waals surface area contributed by atoms with Crippen LogP contribution >= 0.6 is 0 Å². The fourth-order valence-corrected chi connectivity index (χ4v) is 7.08. The van der Waals surface area contributed by atoms with Crippen LogP contribution in [0.5, 0.6) is 5.75 Å². The maximum absolute atomic E-state index is 13.0. The van der Waals surface area contributed by atoms with Gasteiger partial charge in [0.05, 0.1) is 0 Å². The van der Waals surface area contributed by atoms with Gasteiger partial charge in [0.25, 0.3) is 0 Å². The summed E-state index contributed by atoms with van der Waals surface area (Å²) in [5.74, 6) is 4.04. The molecule has 0 heterocycles. The first kappa shape index (κ1) is 19.8. The summed E-state index contributed by atoms with van der Waals surface area (Å²) in [7, 11) is 0. The number of carbonyl (C=O) groups excluding carboxylic acids is 1. The molecule has 0 aromatic heterocycles. The van der Waals surface area contributed by atoms with Crippen LogP contribution in [0, 0.1) is 23.2 Å². The van der Waals surface area contributed by atoms with Crippen molar-refractivity contribution >= 4 is 5.78 Å². The van der Waals surface area contributed by atoms with Crippen molar-refractivity contribution < 1.29 is 9.53 Å². The lowest BCUT2D eigenvalue weighted by molar-refractivity contribution is -0.129. The van der Waals surface area contributed by atoms with Gasteiger partial charge in [-0.15, -0.1) is 0 Å². The first-order valence-electron chi connectivity index (χ1n) is 11.9. The van der Waals surface area contributed by atoms with Crippen molar-refractivity contribution in [3.05, 3.63) is 65.2 Å². The van der Waals surface area contributed by atoms with Crippen LogP contribution in [0.3, 0.4) is 0 Å². The maximum atomic E-state index is 13.0. The molecule has 5 unspecified atom stereocenters. The fraction of sp³-hybridized carbons (Fsp3) is 0.536. The predicted octanol–water partition coefficient (Wildman–Crippen LogP) is 6.72. The van der Waals surface area contributed by atoms with E-state index in [4.69, 9.17) is 4.74 Å². The number of fused-ring (bicyclic) bond motifs is 5. The lowest BCUT2D eigenvalue weighted by Crippen LogP contribution is -2.44. The Morgan fingerprint density at radius 1 is 1.10 bits per heavy atom. The van der Waals surface area contributed by atoms with Crippen molar-refractivity contribution in [3.63, 3.8) is 0 Å². The monoisotopic (exact) mass is 402 g/mol. The van der Waals surface area contributed by atoms with Crippen LogP contribution in [0.15, 0.2) is 48.5 Å². The zero-order valence-corrected chi connectivity index (χ0v) is 18.4. The Morgan fingerprint density at radius 3 is 2.73 bits per heavy atom. The van der Waals surface area contributed by atoms with Crippen molar-refractivity contribution in [1.82, 2.24) is 0 Å². The van der Waals surface area contributed by atoms with E-state index in [1.807, 2.05) is 6.07 Å². The van der Waals surface area contributed by atoms with E-state index in [0.717, 1.165) is 25.0 Å². The lowest BCUT2D eigenvalue weighted by atomic mass is 9.54. The highest BCUT2D eigenvalue weighted by Crippen LogP contribution is 2.62. The van der Waals surface area contributed by atoms with Crippen molar-refractivity contribution in [2.75, 3.05) is 0 Å². The molecular weight excluding hydrogens is 368 g/mol. The third-order valence-electron chi connectivity index (χ3n) is 8.45. The predicted molar refractivity (Wildman–Crippen MR) is 121 cm³/mol. The summed E-state index contributed by atoms with van der Waals surface area (Å²) >= 11 is 0. The summed E-state index contributed by atoms with van der Waals surface area (Å²) in [6, 6.07) is 17.2. The minimum Gasteiger partial charge on any atom is -0.489 e. The molecule has 158 valence electrons. The first-order chi connectivity index (χ1) is 14.6. The van der Waals surface area contributed by atoms with E-state index < -0.39 is 0 Å². The molecule has 2 heteroatoms. The molecule has 3 aliphatic rings. The van der Waals surface area contributed by atoms with Gasteiger partial charge in [-0.25, -0.2) is 0 Å². The van der Waals surface area contributed by atoms with Gasteiger partial charge < -0.3 is 4.74 Å². The normalized spacial score (nSPS) is 32.3. The Hall–Kier alpha value is -2.09. The third kappa shape index (κ3) is 3.29. The molecular formula is C28H34O2. The largest absolute Gasteiger partial charge is 0.489 e. The molecule has 2 aromatic carbocycles. The average Bonchev–Trinajstić information content (AvgIpc) is 3.03. The van der Waals surface area contributed by atoms with Crippen LogP contribution in [0.2, 0.25) is 0 Å². The van der Waals surface area contributed by atoms with E-state index in [9.17, 15) is 4.79 Å². The summed E-state index contributed by atoms with van der Waals surface area (Å²) in [4.78, 5) is 13.0. The minimum absolute atomic E-state index is 0.0583. The zero-order chi connectivity index (χ0) is 20.7. The molecule has 3 aliphatic carbocycles. The van der Waals surface area contributed by atoms with Gasteiger partial charge >= 0.3 is 0 Å². The van der Waals surface area contributed by atoms with Crippen molar-refractivity contribution in [3.8, 4) is 5.75 Å². The van der Waals surface area contributed by atoms with Gasteiger partial charge in [-0.1, -0.05) is 56.7 Å². The zero-order valence-electron chi connectivity index (χ0n) is 18.4. The minimum atomic E-state index is -0.0583. The van der Waals surface area contributed by atoms with E-state index in [-0.39, 0.29) is 5.41 Å². The smallest absolute Gasteiger partial charge is 0.139 e. The standard InChI is InChI=1S/C28H34O2/c1-3-7-21-17-26(29)28(2)15-14-24-23-13-11-22(30-18-19-8-5-4-6-9-19)16-20(23)10-12-25(24)27(21)28/h4-6,8-9,11,13,16,21,24-25,27H,3,7,10,12,14-15,17-18H2,1-2H3. The molecule has 0 spiro atoms. The summed E-state index contributed by atoms with van der Waals surface area (Å²) in [5, 5.41) is 0. The van der Waals surface area contributed by atoms with Gasteiger partial charge in [-0.05, 0) is 84.6 Å². The number of benzene rings is 2. The van der Waals surface area contributed by atoms with Gasteiger partial charge in [0, 0.05) is 11.8 Å². The second-order valence-electron chi connectivity index (χ2n) is 10.1. The number of aryl methyl sites for hydroxylation is 1. The van der Waals surface area contributed by atoms with Gasteiger partial charge in [0.15, 0.2) is 0 Å². The molecule has 0 aliphatic heterocycles. The number of hydrogen-bond donors (Lipinski definition) is 0. The molecule has 5 atom stereocenters. The highest BCUT2D eigenvalue weighted by Gasteiger charge is 2.58. The molecule has 0 N–H and O–H groups in total. The number of hydrogen-bond acceptors (Lipinski definition) is 2. The van der Waals surface area contributed by atoms with Crippen molar-refractivity contribution in [2.45, 2.75) is 71.3 Å². The Kier molecular flexibility index (Phi) is 5.21. The summed E-state index contributed by atoms with van der Waals surface area (Å²) in [5.41, 5.74) is 4.16. The van der Waals surface area contributed by atoms with Crippen LogP contribution < -0.4 is 4.74 Å². The Bertz CT molecular complexity index is 917. The number of carbonyl (C=O) groups is 1. The maximum Gasteiger partial charge on any atom is 0.139 e. The molecule has 0 amide bonds. The molecule has 2 saturated carbocycles. The first-order valence-corrected chi connectivity index (χ1v) is 11.9. The molecule has 2 fully saturated rings. The SMILES string of the molecule is CCCC1CC(=O)C2(C)CCC3c4ccc(OCc5ccccc5)cc4CCC3C12. The summed E-state index contributed by atoms with van der Waals surface area (Å²) in [6.45, 7) is 5.18. The molecule has 0 saturated heterocycles. The fourth-order valence-electron chi connectivity index (χ4n) is 7.08. The van der Waals surface area contributed by atoms with E-state index in [1.54, 1.807) is 0 Å². The molecule has 2 aromatic rings. The highest BCUT2D eigenvalue weighted by atomic mass is 16.5. The van der Waals surface area contributed by atoms with Crippen molar-refractivity contribution in [2.24, 2.45) is 23.2 Å².